The fourth-order valence-corrected chi connectivity index (χ4v) is 8.69. The molecule has 1 amide bonds. The van der Waals surface area contributed by atoms with Crippen molar-refractivity contribution < 1.29 is 17.9 Å². The number of rotatable bonds is 2. The van der Waals surface area contributed by atoms with Gasteiger partial charge in [0.15, 0.2) is 0 Å². The van der Waals surface area contributed by atoms with Crippen LogP contribution in [0, 0.1) is 19.3 Å². The molecule has 1 spiro atoms. The van der Waals surface area contributed by atoms with Gasteiger partial charge in [0, 0.05) is 42.9 Å². The number of aromatic nitrogens is 2. The minimum atomic E-state index is -4.07. The number of hydrogen-bond acceptors (Lipinski definition) is 7. The fourth-order valence-electron chi connectivity index (χ4n) is 7.70. The average molecular weight is 602 g/mol. The molecule has 0 radical (unpaired) electrons. The Morgan fingerprint density at radius 1 is 0.930 bits per heavy atom. The first-order chi connectivity index (χ1) is 20.7. The average Bonchev–Trinajstić information content (AvgIpc) is 3.17. The van der Waals surface area contributed by atoms with E-state index in [-0.39, 0.29) is 28.7 Å². The first-order valence-corrected chi connectivity index (χ1v) is 16.9. The molecular formula is C33H39N5O4S. The maximum absolute atomic E-state index is 13.8. The maximum Gasteiger partial charge on any atom is 0.264 e. The number of anilines is 1. The Morgan fingerprint density at radius 2 is 1.67 bits per heavy atom. The fraction of sp³-hybridized carbons (Fsp3) is 0.485. The summed E-state index contributed by atoms with van der Waals surface area (Å²) in [6.45, 7) is 6.39. The second-order valence-corrected chi connectivity index (χ2v) is 14.6. The summed E-state index contributed by atoms with van der Waals surface area (Å²) in [5.74, 6) is 0.0257. The Bertz CT molecular complexity index is 1640. The first-order valence-electron chi connectivity index (χ1n) is 15.5. The summed E-state index contributed by atoms with van der Waals surface area (Å²) in [5.41, 5.74) is 4.36. The Labute approximate surface area is 253 Å². The standard InChI is InChI=1S/C33H39N5O4S/c1-22-8-6-9-23(2)30(22)28-17-29-35-32(34-28)36-43(40,41)27-11-7-10-24(16-27)31(39)38-15-14-37(20-26(21-38)42-29)25-18-33(19-25)12-4-3-5-13-33/h6-11,16-17,25-26H,3-5,12-15,18-21H2,1-2H3,(H,34,35,36)/t26-/m1/s1. The van der Waals surface area contributed by atoms with E-state index >= 15 is 0 Å². The predicted octanol–water partition coefficient (Wildman–Crippen LogP) is 5.19. The summed E-state index contributed by atoms with van der Waals surface area (Å²) < 4.78 is 36.1. The summed E-state index contributed by atoms with van der Waals surface area (Å²) in [6, 6.07) is 14.5. The number of fused-ring (bicyclic) bond motifs is 6. The minimum absolute atomic E-state index is 0.0126. The molecule has 0 unspecified atom stereocenters. The van der Waals surface area contributed by atoms with E-state index in [0.29, 0.717) is 42.3 Å². The van der Waals surface area contributed by atoms with Crippen LogP contribution >= 0.6 is 0 Å². The minimum Gasteiger partial charge on any atom is -0.471 e. The van der Waals surface area contributed by atoms with Gasteiger partial charge < -0.3 is 9.64 Å². The Hall–Kier alpha value is -3.50. The van der Waals surface area contributed by atoms with E-state index in [0.717, 1.165) is 23.2 Å². The molecule has 2 aromatic carbocycles. The zero-order valence-electron chi connectivity index (χ0n) is 24.9. The number of carbonyl (C=O) groups excluding carboxylic acids is 1. The SMILES string of the molecule is Cc1cccc(C)c1-c1cc2nc(n1)NS(=O)(=O)c1cccc(c1)C(=O)N1CCN(C3CC4(CCCCC4)C3)C[C@H](C1)O2. The Morgan fingerprint density at radius 3 is 2.44 bits per heavy atom. The lowest BCUT2D eigenvalue weighted by atomic mass is 9.58. The van der Waals surface area contributed by atoms with Gasteiger partial charge in [-0.15, -0.1) is 0 Å². The van der Waals surface area contributed by atoms with Crippen LogP contribution in [0.4, 0.5) is 5.95 Å². The number of carbonyl (C=O) groups is 1. The van der Waals surface area contributed by atoms with Crippen LogP contribution in [0.2, 0.25) is 0 Å². The number of nitrogens with one attached hydrogen (secondary N) is 1. The van der Waals surface area contributed by atoms with E-state index in [4.69, 9.17) is 4.74 Å². The zero-order chi connectivity index (χ0) is 29.8. The quantitative estimate of drug-likeness (QED) is 0.431. The molecule has 226 valence electrons. The Kier molecular flexibility index (Phi) is 7.16. The van der Waals surface area contributed by atoms with Crippen LogP contribution in [0.1, 0.15) is 66.4 Å². The van der Waals surface area contributed by atoms with Gasteiger partial charge in [0.1, 0.15) is 6.10 Å². The molecule has 10 heteroatoms. The summed E-state index contributed by atoms with van der Waals surface area (Å²) >= 11 is 0. The molecule has 3 aromatic rings. The van der Waals surface area contributed by atoms with E-state index in [2.05, 4.69) is 19.6 Å². The molecular weight excluding hydrogens is 562 g/mol. The molecule has 3 heterocycles. The summed E-state index contributed by atoms with van der Waals surface area (Å²) in [5, 5.41) is 0. The van der Waals surface area contributed by atoms with E-state index in [1.54, 1.807) is 18.2 Å². The van der Waals surface area contributed by atoms with Crippen molar-refractivity contribution in [1.29, 1.82) is 0 Å². The summed E-state index contributed by atoms with van der Waals surface area (Å²) in [7, 11) is -4.07. The van der Waals surface area contributed by atoms with Crippen LogP contribution in [0.25, 0.3) is 11.3 Å². The monoisotopic (exact) mass is 601 g/mol. The number of ether oxygens (including phenoxy) is 1. The number of aryl methyl sites for hydroxylation is 2. The van der Waals surface area contributed by atoms with Gasteiger partial charge in [-0.3, -0.25) is 9.69 Å². The van der Waals surface area contributed by atoms with Gasteiger partial charge in [0.25, 0.3) is 15.9 Å². The molecule has 1 atom stereocenters. The summed E-state index contributed by atoms with van der Waals surface area (Å²) in [4.78, 5) is 27.3. The molecule has 2 saturated carbocycles. The highest BCUT2D eigenvalue weighted by Gasteiger charge is 2.47. The van der Waals surface area contributed by atoms with Crippen molar-refractivity contribution in [3.05, 3.63) is 65.2 Å². The second-order valence-electron chi connectivity index (χ2n) is 12.9. The van der Waals surface area contributed by atoms with Crippen LogP contribution < -0.4 is 9.46 Å². The largest absolute Gasteiger partial charge is 0.471 e. The van der Waals surface area contributed by atoms with Crippen LogP contribution in [0.5, 0.6) is 5.88 Å². The van der Waals surface area contributed by atoms with E-state index in [1.807, 2.05) is 36.9 Å². The second kappa shape index (κ2) is 10.9. The lowest BCUT2D eigenvalue weighted by Gasteiger charge is -2.54. The van der Waals surface area contributed by atoms with Crippen molar-refractivity contribution >= 4 is 21.9 Å². The Balaban J connectivity index is 1.28. The molecule has 3 fully saturated rings. The molecule has 6 bridgehead atoms. The van der Waals surface area contributed by atoms with Gasteiger partial charge in [-0.05, 0) is 74.3 Å². The molecule has 7 rings (SSSR count). The van der Waals surface area contributed by atoms with Gasteiger partial charge in [-0.25, -0.2) is 18.1 Å². The third-order valence-electron chi connectivity index (χ3n) is 9.92. The highest BCUT2D eigenvalue weighted by atomic mass is 32.2. The molecule has 1 N–H and O–H groups in total. The molecule has 1 saturated heterocycles. The van der Waals surface area contributed by atoms with Crippen LogP contribution in [-0.2, 0) is 10.0 Å². The smallest absolute Gasteiger partial charge is 0.264 e. The van der Waals surface area contributed by atoms with Gasteiger partial charge >= 0.3 is 0 Å². The normalized spacial score (nSPS) is 23.5. The van der Waals surface area contributed by atoms with Crippen molar-refractivity contribution in [2.45, 2.75) is 75.8 Å². The van der Waals surface area contributed by atoms with Crippen molar-refractivity contribution in [2.24, 2.45) is 5.41 Å². The highest BCUT2D eigenvalue weighted by molar-refractivity contribution is 7.92. The number of amides is 1. The van der Waals surface area contributed by atoms with E-state index in [9.17, 15) is 13.2 Å². The van der Waals surface area contributed by atoms with E-state index in [1.165, 1.54) is 57.1 Å². The van der Waals surface area contributed by atoms with Crippen molar-refractivity contribution in [3.63, 3.8) is 0 Å². The first kappa shape index (κ1) is 28.3. The maximum atomic E-state index is 13.8. The van der Waals surface area contributed by atoms with Gasteiger partial charge in [0.05, 0.1) is 17.1 Å². The van der Waals surface area contributed by atoms with Gasteiger partial charge in [-0.1, -0.05) is 43.5 Å². The number of benzene rings is 2. The van der Waals surface area contributed by atoms with Crippen molar-refractivity contribution in [1.82, 2.24) is 19.8 Å². The summed E-state index contributed by atoms with van der Waals surface area (Å²) in [6.07, 6.45) is 8.77. The van der Waals surface area contributed by atoms with Crippen molar-refractivity contribution in [2.75, 3.05) is 30.9 Å². The van der Waals surface area contributed by atoms with Crippen LogP contribution in [0.15, 0.2) is 53.4 Å². The van der Waals surface area contributed by atoms with Gasteiger partial charge in [0.2, 0.25) is 11.8 Å². The third kappa shape index (κ3) is 5.51. The number of nitrogens with zero attached hydrogens (tertiary/aromatic N) is 4. The lowest BCUT2D eigenvalue weighted by molar-refractivity contribution is -0.0321. The molecule has 2 aliphatic carbocycles. The highest BCUT2D eigenvalue weighted by Crippen LogP contribution is 2.53. The van der Waals surface area contributed by atoms with Crippen molar-refractivity contribution in [3.8, 4) is 17.1 Å². The predicted molar refractivity (Wildman–Crippen MR) is 165 cm³/mol. The van der Waals surface area contributed by atoms with Crippen LogP contribution in [0.3, 0.4) is 0 Å². The number of hydrogen-bond donors (Lipinski definition) is 1. The molecule has 43 heavy (non-hydrogen) atoms. The van der Waals surface area contributed by atoms with Gasteiger partial charge in [-0.2, -0.15) is 4.98 Å². The van der Waals surface area contributed by atoms with E-state index < -0.39 is 10.0 Å². The molecule has 4 aliphatic rings. The number of sulfonamides is 1. The molecule has 2 aliphatic heterocycles. The zero-order valence-corrected chi connectivity index (χ0v) is 25.7. The lowest BCUT2D eigenvalue weighted by Crippen LogP contribution is -2.54. The third-order valence-corrected chi connectivity index (χ3v) is 11.2. The molecule has 9 nitrogen and oxygen atoms in total. The topological polar surface area (TPSA) is 105 Å². The molecule has 1 aromatic heterocycles. The van der Waals surface area contributed by atoms with Crippen LogP contribution in [-0.4, -0.2) is 72.4 Å².